The first-order valence-corrected chi connectivity index (χ1v) is 57.5. The predicted octanol–water partition coefficient (Wildman–Crippen LogP) is 41.2. The standard InChI is InChI=1S/C56H88Br2N2S2.C56H90N2S2/c1-5-9-13-17-21-23-25-27-29-33-37-45-43-51(61-55(45)57)47-41-42-48(52-44-46(56(58)62-52)38-34-30-28-26-24-22-18-14-10-6-2)54-53(47)59-49(39-35-31-19-15-11-7-3)50(60-54)40-36-32-20-16-12-8-4;1-5-9-13-17-21-23-25-27-29-33-37-47-43-53(59-45-47)49-41-42-50(54-44-48(46-60-54)38-34-30-28-26-24-22-18-14-10-6-2)56-55(49)57-51(39-35-31-19-15-11-7-3)52(58-56)40-36-32-20-16-12-8-4/h41-44H,5-40H2,1-4H3;41-46H,5-40H2,1-4H3. The van der Waals surface area contributed by atoms with Crippen LogP contribution in [0.3, 0.4) is 0 Å². The van der Waals surface area contributed by atoms with Gasteiger partial charge < -0.3 is 0 Å². The Morgan fingerprint density at radius 1 is 0.205 bits per heavy atom. The average Bonchev–Trinajstić information content (AvgIpc) is 1.38. The molecule has 122 heavy (non-hydrogen) atoms. The monoisotopic (exact) mass is 1870 g/mol. The van der Waals surface area contributed by atoms with Crippen molar-refractivity contribution >= 4 is 99.3 Å². The summed E-state index contributed by atoms with van der Waals surface area (Å²) in [4.78, 5) is 28.2. The third-order valence-corrected chi connectivity index (χ3v) is 32.2. The number of benzene rings is 2. The molecule has 0 atom stereocenters. The number of halogens is 2. The molecule has 8 rings (SSSR count). The van der Waals surface area contributed by atoms with Crippen LogP contribution in [0.15, 0.2) is 66.9 Å². The molecule has 684 valence electrons. The van der Waals surface area contributed by atoms with Gasteiger partial charge >= 0.3 is 0 Å². The predicted molar refractivity (Wildman–Crippen MR) is 558 cm³/mol. The highest BCUT2D eigenvalue weighted by molar-refractivity contribution is 9.11. The molecule has 0 aliphatic carbocycles. The molecule has 4 nitrogen and oxygen atoms in total. The van der Waals surface area contributed by atoms with Gasteiger partial charge in [-0.2, -0.15) is 0 Å². The summed E-state index contributed by atoms with van der Waals surface area (Å²) in [6.07, 6.45) is 95.6. The SMILES string of the molecule is CCCCCCCCCCCCc1cc(-c2ccc(-c3cc(CCCCCCCCCCCC)c(Br)s3)c3nc(CCCCCCCC)c(CCCCCCCC)nc23)sc1Br.CCCCCCCCCCCCc1csc(-c2ccc(-c3cc(CCCCCCCCCCCC)cs3)c3nc(CCCCCCCC)c(CCCCCCCC)nc23)c1. The molecule has 0 amide bonds. The Morgan fingerprint density at radius 2 is 0.385 bits per heavy atom. The van der Waals surface area contributed by atoms with Gasteiger partial charge in [0.1, 0.15) is 0 Å². The fraction of sp³-hybridized carbons (Fsp3) is 0.714. The molecule has 0 bridgehead atoms. The summed E-state index contributed by atoms with van der Waals surface area (Å²) in [6.45, 7) is 18.5. The molecule has 0 unspecified atom stereocenters. The number of nitrogens with zero attached hydrogens (tertiary/aromatic N) is 4. The van der Waals surface area contributed by atoms with E-state index in [1.54, 1.807) is 0 Å². The van der Waals surface area contributed by atoms with Gasteiger partial charge in [-0.05, 0) is 192 Å². The number of hydrogen-bond donors (Lipinski definition) is 0. The van der Waals surface area contributed by atoms with Gasteiger partial charge in [-0.1, -0.05) is 439 Å². The second-order valence-electron chi connectivity index (χ2n) is 37.2. The van der Waals surface area contributed by atoms with Crippen LogP contribution in [0.4, 0.5) is 0 Å². The Bertz CT molecular complexity index is 3660. The van der Waals surface area contributed by atoms with Crippen LogP contribution in [-0.4, -0.2) is 19.9 Å². The van der Waals surface area contributed by atoms with Gasteiger partial charge in [0.05, 0.1) is 52.4 Å². The minimum Gasteiger partial charge on any atom is -0.249 e. The lowest BCUT2D eigenvalue weighted by Crippen LogP contribution is -2.05. The lowest BCUT2D eigenvalue weighted by Gasteiger charge is -2.14. The minimum absolute atomic E-state index is 1.04. The van der Waals surface area contributed by atoms with E-state index in [1.807, 2.05) is 45.3 Å². The van der Waals surface area contributed by atoms with E-state index in [4.69, 9.17) is 19.9 Å². The molecule has 0 N–H and O–H groups in total. The number of hydrogen-bond acceptors (Lipinski definition) is 8. The van der Waals surface area contributed by atoms with Crippen molar-refractivity contribution in [2.45, 2.75) is 518 Å². The summed E-state index contributed by atoms with van der Waals surface area (Å²) in [5, 5.41) is 4.86. The summed E-state index contributed by atoms with van der Waals surface area (Å²) < 4.78 is 2.58. The number of aryl methyl sites for hydroxylation is 8. The van der Waals surface area contributed by atoms with Gasteiger partial charge in [0.25, 0.3) is 0 Å². The lowest BCUT2D eigenvalue weighted by molar-refractivity contribution is 0.556. The summed E-state index contributed by atoms with van der Waals surface area (Å²) in [7, 11) is 0. The maximum atomic E-state index is 5.72. The molecule has 8 aromatic rings. The van der Waals surface area contributed by atoms with Crippen LogP contribution in [0.1, 0.15) is 511 Å². The zero-order valence-corrected chi connectivity index (χ0v) is 86.3. The van der Waals surface area contributed by atoms with E-state index in [-0.39, 0.29) is 0 Å². The first-order chi connectivity index (χ1) is 60.2. The van der Waals surface area contributed by atoms with E-state index in [9.17, 15) is 0 Å². The van der Waals surface area contributed by atoms with Crippen molar-refractivity contribution in [3.63, 3.8) is 0 Å². The van der Waals surface area contributed by atoms with Crippen molar-refractivity contribution in [1.82, 2.24) is 19.9 Å². The third-order valence-electron chi connectivity index (χ3n) is 26.1. The molecule has 0 saturated carbocycles. The second-order valence-corrected chi connectivity index (χ2v) is 43.8. The molecule has 0 aliphatic heterocycles. The topological polar surface area (TPSA) is 51.6 Å². The van der Waals surface area contributed by atoms with Crippen LogP contribution in [-0.2, 0) is 51.4 Å². The highest BCUT2D eigenvalue weighted by atomic mass is 79.9. The fourth-order valence-electron chi connectivity index (χ4n) is 18.3. The maximum absolute atomic E-state index is 5.72. The zero-order chi connectivity index (χ0) is 86.3. The summed E-state index contributed by atoms with van der Waals surface area (Å²) in [5.74, 6) is 0. The molecular formula is C112H178Br2N4S4. The van der Waals surface area contributed by atoms with Crippen LogP contribution in [0.5, 0.6) is 0 Å². The zero-order valence-electron chi connectivity index (χ0n) is 79.9. The van der Waals surface area contributed by atoms with Crippen molar-refractivity contribution in [3.8, 4) is 41.8 Å². The van der Waals surface area contributed by atoms with Crippen molar-refractivity contribution in [2.24, 2.45) is 0 Å². The number of aromatic nitrogens is 4. The molecule has 6 heterocycles. The Balaban J connectivity index is 0.000000336. The van der Waals surface area contributed by atoms with Gasteiger partial charge in [0.2, 0.25) is 0 Å². The van der Waals surface area contributed by atoms with Gasteiger partial charge in [-0.25, -0.2) is 19.9 Å². The lowest BCUT2D eigenvalue weighted by atomic mass is 10.00. The minimum atomic E-state index is 1.04. The van der Waals surface area contributed by atoms with E-state index in [2.05, 4.69) is 147 Å². The fourth-order valence-corrected chi connectivity index (χ4v) is 23.8. The molecular weight excluding hydrogens is 1690 g/mol. The second kappa shape index (κ2) is 68.9. The molecule has 10 heteroatoms. The highest BCUT2D eigenvalue weighted by Crippen LogP contribution is 2.45. The van der Waals surface area contributed by atoms with Gasteiger partial charge in [-0.3, -0.25) is 0 Å². The van der Waals surface area contributed by atoms with Crippen molar-refractivity contribution in [2.75, 3.05) is 0 Å². The van der Waals surface area contributed by atoms with E-state index >= 15 is 0 Å². The van der Waals surface area contributed by atoms with E-state index < -0.39 is 0 Å². The summed E-state index contributed by atoms with van der Waals surface area (Å²) >= 11 is 15.7. The van der Waals surface area contributed by atoms with Crippen LogP contribution in [0.2, 0.25) is 0 Å². The molecule has 0 aliphatic rings. The van der Waals surface area contributed by atoms with E-state index in [0.717, 1.165) is 60.6 Å². The van der Waals surface area contributed by atoms with Crippen LogP contribution in [0.25, 0.3) is 63.8 Å². The van der Waals surface area contributed by atoms with E-state index in [1.165, 1.54) is 518 Å². The molecule has 6 aromatic heterocycles. The number of thiophene rings is 4. The summed E-state index contributed by atoms with van der Waals surface area (Å²) in [6, 6.07) is 19.5. The van der Waals surface area contributed by atoms with E-state index in [0.29, 0.717) is 0 Å². The van der Waals surface area contributed by atoms with Crippen LogP contribution >= 0.6 is 77.2 Å². The first-order valence-electron chi connectivity index (χ1n) is 52.6. The molecule has 0 fully saturated rings. The average molecular weight is 1870 g/mol. The highest BCUT2D eigenvalue weighted by Gasteiger charge is 2.23. The number of unbranched alkanes of at least 4 members (excludes halogenated alkanes) is 56. The Labute approximate surface area is 783 Å². The van der Waals surface area contributed by atoms with Crippen molar-refractivity contribution < 1.29 is 0 Å². The largest absolute Gasteiger partial charge is 0.249 e. The van der Waals surface area contributed by atoms with Crippen LogP contribution in [0, 0.1) is 0 Å². The summed E-state index contributed by atoms with van der Waals surface area (Å²) in [5.41, 5.74) is 20.6. The molecule has 0 spiro atoms. The van der Waals surface area contributed by atoms with Crippen molar-refractivity contribution in [3.05, 3.63) is 112 Å². The third kappa shape index (κ3) is 42.2. The normalized spacial score (nSPS) is 11.8. The van der Waals surface area contributed by atoms with Gasteiger partial charge in [0, 0.05) is 41.8 Å². The Hall–Kier alpha value is -3.12. The van der Waals surface area contributed by atoms with Gasteiger partial charge in [-0.15, -0.1) is 45.3 Å². The smallest absolute Gasteiger partial charge is 0.0983 e. The first kappa shape index (κ1) is 106. The quantitative estimate of drug-likeness (QED) is 0.0357. The molecule has 0 saturated heterocycles. The Morgan fingerprint density at radius 3 is 0.598 bits per heavy atom. The van der Waals surface area contributed by atoms with Crippen molar-refractivity contribution in [1.29, 1.82) is 0 Å². The maximum Gasteiger partial charge on any atom is 0.0983 e. The molecule has 0 radical (unpaired) electrons. The van der Waals surface area contributed by atoms with Gasteiger partial charge in [0.15, 0.2) is 0 Å². The van der Waals surface area contributed by atoms with Crippen LogP contribution < -0.4 is 0 Å². The number of fused-ring (bicyclic) bond motifs is 2. The number of rotatable bonds is 76. The molecule has 2 aromatic carbocycles. The Kier molecular flexibility index (Phi) is 59.8.